The molecule has 9 aromatic rings. The zero-order valence-corrected chi connectivity index (χ0v) is 32.0. The zero-order chi connectivity index (χ0) is 37.2. The van der Waals surface area contributed by atoms with Crippen LogP contribution in [0.3, 0.4) is 0 Å². The Bertz CT molecular complexity index is 2950. The van der Waals surface area contributed by atoms with E-state index >= 15 is 0 Å². The van der Waals surface area contributed by atoms with E-state index in [4.69, 9.17) is 0 Å². The number of fused-ring (bicyclic) bond motifs is 7. The van der Waals surface area contributed by atoms with Crippen LogP contribution in [-0.2, 0) is 5.54 Å². The van der Waals surface area contributed by atoms with Gasteiger partial charge in [-0.3, -0.25) is 0 Å². The first-order valence-corrected chi connectivity index (χ1v) is 20.4. The number of rotatable bonds is 6. The lowest BCUT2D eigenvalue weighted by atomic mass is 9.79. The lowest BCUT2D eigenvalue weighted by Gasteiger charge is -2.45. The molecular formula is C54H39NS. The highest BCUT2D eigenvalue weighted by Gasteiger charge is 2.37. The molecule has 0 fully saturated rings. The zero-order valence-electron chi connectivity index (χ0n) is 31.2. The Hall–Kier alpha value is -6.48. The number of benzene rings is 8. The Morgan fingerprint density at radius 2 is 1.11 bits per heavy atom. The van der Waals surface area contributed by atoms with Crippen LogP contribution in [-0.4, -0.2) is 0 Å². The van der Waals surface area contributed by atoms with Crippen molar-refractivity contribution in [1.82, 2.24) is 0 Å². The highest BCUT2D eigenvalue weighted by atomic mass is 32.1. The van der Waals surface area contributed by atoms with E-state index in [0.717, 1.165) is 6.42 Å². The van der Waals surface area contributed by atoms with Gasteiger partial charge in [0.15, 0.2) is 0 Å². The number of hydrogen-bond acceptors (Lipinski definition) is 2. The summed E-state index contributed by atoms with van der Waals surface area (Å²) in [7, 11) is 0. The summed E-state index contributed by atoms with van der Waals surface area (Å²) in [5.74, 6) is 0.255. The topological polar surface area (TPSA) is 3.24 Å². The van der Waals surface area contributed by atoms with Crippen LogP contribution in [0.25, 0.3) is 59.6 Å². The van der Waals surface area contributed by atoms with Crippen molar-refractivity contribution in [3.8, 4) is 33.4 Å². The van der Waals surface area contributed by atoms with Crippen molar-refractivity contribution in [1.29, 1.82) is 0 Å². The first-order chi connectivity index (χ1) is 27.6. The predicted molar refractivity (Wildman–Crippen MR) is 239 cm³/mol. The van der Waals surface area contributed by atoms with Gasteiger partial charge in [0.05, 0.1) is 5.54 Å². The number of anilines is 2. The molecule has 0 bridgehead atoms. The van der Waals surface area contributed by atoms with E-state index in [9.17, 15) is 0 Å². The van der Waals surface area contributed by atoms with Gasteiger partial charge in [0.2, 0.25) is 0 Å². The van der Waals surface area contributed by atoms with Crippen molar-refractivity contribution >= 4 is 49.0 Å². The molecular weight excluding hydrogens is 695 g/mol. The van der Waals surface area contributed by atoms with E-state index < -0.39 is 0 Å². The molecule has 0 aliphatic heterocycles. The van der Waals surface area contributed by atoms with Crippen LogP contribution < -0.4 is 4.90 Å². The number of thiophene rings is 1. The van der Waals surface area contributed by atoms with Crippen LogP contribution in [0.15, 0.2) is 194 Å². The molecule has 2 heteroatoms. The van der Waals surface area contributed by atoms with Gasteiger partial charge in [0.1, 0.15) is 0 Å². The molecule has 1 nitrogen and oxygen atoms in total. The van der Waals surface area contributed by atoms with E-state index in [2.05, 4.69) is 212 Å². The summed E-state index contributed by atoms with van der Waals surface area (Å²) in [6.07, 6.45) is 5.52. The molecule has 1 heterocycles. The van der Waals surface area contributed by atoms with Crippen LogP contribution >= 0.6 is 11.3 Å². The summed E-state index contributed by atoms with van der Waals surface area (Å²) in [5.41, 5.74) is 16.4. The second kappa shape index (κ2) is 13.1. The van der Waals surface area contributed by atoms with Gasteiger partial charge in [-0.25, -0.2) is 0 Å². The summed E-state index contributed by atoms with van der Waals surface area (Å²) in [5, 5.41) is 2.66. The molecule has 0 spiro atoms. The largest absolute Gasteiger partial charge is 0.331 e. The maximum Gasteiger partial charge on any atom is 0.0714 e. The molecule has 0 N–H and O–H groups in total. The molecule has 266 valence electrons. The van der Waals surface area contributed by atoms with E-state index in [1.54, 1.807) is 0 Å². The predicted octanol–water partition coefficient (Wildman–Crippen LogP) is 15.0. The summed E-state index contributed by atoms with van der Waals surface area (Å²) in [6.45, 7) is 2.40. The summed E-state index contributed by atoms with van der Waals surface area (Å²) < 4.78 is 2.67. The van der Waals surface area contributed by atoms with Crippen molar-refractivity contribution < 1.29 is 0 Å². The summed E-state index contributed by atoms with van der Waals surface area (Å²) in [4.78, 5) is 2.56. The van der Waals surface area contributed by atoms with Gasteiger partial charge in [-0.2, -0.15) is 0 Å². The lowest BCUT2D eigenvalue weighted by molar-refractivity contribution is 0.483. The van der Waals surface area contributed by atoms with Crippen LogP contribution in [0.2, 0.25) is 0 Å². The third kappa shape index (κ3) is 5.28. The van der Waals surface area contributed by atoms with Gasteiger partial charge < -0.3 is 4.90 Å². The van der Waals surface area contributed by atoms with Crippen molar-refractivity contribution in [2.24, 2.45) is 0 Å². The minimum atomic E-state index is -0.285. The van der Waals surface area contributed by atoms with Crippen LogP contribution in [0, 0.1) is 0 Å². The van der Waals surface area contributed by atoms with E-state index in [1.807, 2.05) is 11.3 Å². The lowest BCUT2D eigenvalue weighted by Crippen LogP contribution is -2.42. The SMILES string of the molecule is CC1(N(c2ccc(-c3ccc4c(c3)-c3ccccc3C4c3ccccc3)cc2)c2ccc(-c3ccc4sc5ccccc5c4c3)cc2)CC=Cc2ccccc21. The standard InChI is InChI=1S/C54H39NS/c1-54(33-11-15-38-12-5-9-19-50(38)54)55(43-29-23-37(24-30-43)41-26-32-52-49(35-41)45-17-8-10-20-51(45)56-52)42-27-21-36(22-28-42)40-25-31-47-48(34-40)44-16-6-7-18-46(44)53(47)39-13-3-2-4-14-39/h2-32,34-35,53H,33H2,1H3. The van der Waals surface area contributed by atoms with Crippen LogP contribution in [0.5, 0.6) is 0 Å². The molecule has 0 saturated carbocycles. The third-order valence-corrected chi connectivity index (χ3v) is 13.4. The van der Waals surface area contributed by atoms with Gasteiger partial charge in [-0.05, 0) is 123 Å². The quantitative estimate of drug-likeness (QED) is 0.164. The minimum Gasteiger partial charge on any atom is -0.331 e. The number of hydrogen-bond donors (Lipinski definition) is 0. The normalized spacial score (nSPS) is 16.8. The van der Waals surface area contributed by atoms with Crippen molar-refractivity contribution in [2.45, 2.75) is 24.8 Å². The highest BCUT2D eigenvalue weighted by molar-refractivity contribution is 7.25. The van der Waals surface area contributed by atoms with Gasteiger partial charge in [-0.15, -0.1) is 11.3 Å². The molecule has 8 aromatic carbocycles. The minimum absolute atomic E-state index is 0.255. The molecule has 0 saturated heterocycles. The average Bonchev–Trinajstić information content (AvgIpc) is 3.80. The Labute approximate surface area is 332 Å². The first-order valence-electron chi connectivity index (χ1n) is 19.6. The average molecular weight is 734 g/mol. The fourth-order valence-electron chi connectivity index (χ4n) is 9.49. The Morgan fingerprint density at radius 3 is 1.91 bits per heavy atom. The van der Waals surface area contributed by atoms with Crippen molar-refractivity contribution in [3.05, 3.63) is 222 Å². The molecule has 2 aliphatic rings. The third-order valence-electron chi connectivity index (χ3n) is 12.2. The number of nitrogens with zero attached hydrogens (tertiary/aromatic N) is 1. The Balaban J connectivity index is 0.977. The molecule has 0 radical (unpaired) electrons. The van der Waals surface area contributed by atoms with Gasteiger partial charge in [0, 0.05) is 37.5 Å². The van der Waals surface area contributed by atoms with E-state index in [0.29, 0.717) is 0 Å². The molecule has 2 atom stereocenters. The Morgan fingerprint density at radius 1 is 0.500 bits per heavy atom. The molecule has 1 aromatic heterocycles. The van der Waals surface area contributed by atoms with Gasteiger partial charge in [0.25, 0.3) is 0 Å². The maximum absolute atomic E-state index is 2.56. The van der Waals surface area contributed by atoms with Crippen molar-refractivity contribution in [3.63, 3.8) is 0 Å². The van der Waals surface area contributed by atoms with E-state index in [-0.39, 0.29) is 11.5 Å². The van der Waals surface area contributed by atoms with Crippen LogP contribution in [0.1, 0.15) is 47.1 Å². The molecule has 2 unspecified atom stereocenters. The molecule has 11 rings (SSSR count). The van der Waals surface area contributed by atoms with Gasteiger partial charge >= 0.3 is 0 Å². The molecule has 56 heavy (non-hydrogen) atoms. The van der Waals surface area contributed by atoms with Crippen molar-refractivity contribution in [2.75, 3.05) is 4.90 Å². The highest BCUT2D eigenvalue weighted by Crippen LogP contribution is 2.50. The fourth-order valence-corrected chi connectivity index (χ4v) is 10.6. The Kier molecular flexibility index (Phi) is 7.69. The van der Waals surface area contributed by atoms with Gasteiger partial charge in [-0.1, -0.05) is 152 Å². The monoisotopic (exact) mass is 733 g/mol. The molecule has 2 aliphatic carbocycles. The van der Waals surface area contributed by atoms with Crippen LogP contribution in [0.4, 0.5) is 11.4 Å². The van der Waals surface area contributed by atoms with E-state index in [1.165, 1.54) is 92.7 Å². The summed E-state index contributed by atoms with van der Waals surface area (Å²) >= 11 is 1.87. The first kappa shape index (κ1) is 32.9. The smallest absolute Gasteiger partial charge is 0.0714 e. The second-order valence-electron chi connectivity index (χ2n) is 15.4. The second-order valence-corrected chi connectivity index (χ2v) is 16.5. The fraction of sp³-hybridized carbons (Fsp3) is 0.0741. The maximum atomic E-state index is 2.56. The molecule has 0 amide bonds. The summed E-state index contributed by atoms with van der Waals surface area (Å²) in [6, 6.07) is 69.9.